The Kier molecular flexibility index (Phi) is 5.32. The van der Waals surface area contributed by atoms with Crippen LogP contribution in [-0.4, -0.2) is 47.3 Å². The summed E-state index contributed by atoms with van der Waals surface area (Å²) in [7, 11) is 0. The van der Waals surface area contributed by atoms with Gasteiger partial charge in [-0.2, -0.15) is 0 Å². The fraction of sp³-hybridized carbons (Fsp3) is 0.875. The highest BCUT2D eigenvalue weighted by Gasteiger charge is 2.39. The van der Waals surface area contributed by atoms with E-state index in [2.05, 4.69) is 0 Å². The van der Waals surface area contributed by atoms with E-state index in [1.807, 2.05) is 20.8 Å². The second-order valence-corrected chi connectivity index (χ2v) is 7.32. The summed E-state index contributed by atoms with van der Waals surface area (Å²) in [6, 6.07) is -0.709. The summed E-state index contributed by atoms with van der Waals surface area (Å²) in [4.78, 5) is 26.3. The molecule has 1 amide bonds. The summed E-state index contributed by atoms with van der Waals surface area (Å²) in [5, 5.41) is 0. The maximum atomic E-state index is 12.5. The molecule has 2 aliphatic rings. The smallest absolute Gasteiger partial charge is 0.411 e. The lowest BCUT2D eigenvalue weighted by Gasteiger charge is -2.37. The summed E-state index contributed by atoms with van der Waals surface area (Å²) >= 11 is 0. The Hall–Kier alpha value is -1.30. The first-order chi connectivity index (χ1) is 10.3. The highest BCUT2D eigenvalue weighted by molar-refractivity contribution is 5.82. The lowest BCUT2D eigenvalue weighted by Crippen LogP contribution is -2.55. The van der Waals surface area contributed by atoms with Gasteiger partial charge in [-0.3, -0.25) is 4.90 Å². The van der Waals surface area contributed by atoms with Gasteiger partial charge in [-0.1, -0.05) is 0 Å². The van der Waals surface area contributed by atoms with Gasteiger partial charge in [0.15, 0.2) is 0 Å². The number of carbonyl (C=O) groups is 2. The largest absolute Gasteiger partial charge is 0.461 e. The number of rotatable bonds is 2. The first kappa shape index (κ1) is 17.1. The molecule has 0 radical (unpaired) electrons. The maximum absolute atomic E-state index is 12.5. The fourth-order valence-corrected chi connectivity index (χ4v) is 3.00. The van der Waals surface area contributed by atoms with Crippen molar-refractivity contribution in [3.8, 4) is 0 Å². The minimum atomic E-state index is -0.626. The summed E-state index contributed by atoms with van der Waals surface area (Å²) < 4.78 is 11.0. The van der Waals surface area contributed by atoms with Crippen molar-refractivity contribution < 1.29 is 19.1 Å². The Labute approximate surface area is 132 Å². The molecule has 0 aromatic heterocycles. The van der Waals surface area contributed by atoms with Crippen LogP contribution in [0.3, 0.4) is 0 Å². The van der Waals surface area contributed by atoms with E-state index < -0.39 is 17.7 Å². The molecule has 6 nitrogen and oxygen atoms in total. The Morgan fingerprint density at radius 2 is 1.77 bits per heavy atom. The van der Waals surface area contributed by atoms with E-state index in [0.717, 1.165) is 25.7 Å². The molecule has 2 fully saturated rings. The molecule has 1 aliphatic carbocycles. The third kappa shape index (κ3) is 4.60. The number of hydrogen-bond acceptors (Lipinski definition) is 5. The van der Waals surface area contributed by atoms with Crippen molar-refractivity contribution in [2.45, 2.75) is 83.1 Å². The second kappa shape index (κ2) is 6.86. The first-order valence-corrected chi connectivity index (χ1v) is 8.22. The highest BCUT2D eigenvalue weighted by atomic mass is 16.6. The number of nitrogens with zero attached hydrogens (tertiary/aromatic N) is 1. The normalized spacial score (nSPS) is 26.8. The molecule has 2 rings (SSSR count). The van der Waals surface area contributed by atoms with Crippen LogP contribution in [0.2, 0.25) is 0 Å². The number of ether oxygens (including phenoxy) is 2. The second-order valence-electron chi connectivity index (χ2n) is 7.32. The molecule has 0 spiro atoms. The lowest BCUT2D eigenvalue weighted by molar-refractivity contribution is -0.156. The van der Waals surface area contributed by atoms with Crippen LogP contribution in [0.1, 0.15) is 59.3 Å². The molecule has 1 saturated heterocycles. The first-order valence-electron chi connectivity index (χ1n) is 8.22. The molecule has 1 heterocycles. The average Bonchev–Trinajstić information content (AvgIpc) is 2.89. The molecule has 0 aromatic rings. The molecule has 1 aliphatic heterocycles. The molecule has 0 bridgehead atoms. The number of carbonyl (C=O) groups excluding carboxylic acids is 2. The predicted molar refractivity (Wildman–Crippen MR) is 82.3 cm³/mol. The molecule has 0 aromatic carbocycles. The van der Waals surface area contributed by atoms with Gasteiger partial charge in [0, 0.05) is 12.6 Å². The number of nitrogens with two attached hydrogens (primary N) is 1. The van der Waals surface area contributed by atoms with Gasteiger partial charge in [-0.05, 0) is 59.3 Å². The van der Waals surface area contributed by atoms with E-state index in [1.54, 1.807) is 0 Å². The zero-order valence-corrected chi connectivity index (χ0v) is 13.8. The van der Waals surface area contributed by atoms with Crippen molar-refractivity contribution >= 4 is 12.1 Å². The Balaban J connectivity index is 2.02. The number of hydrogen-bond donors (Lipinski definition) is 1. The van der Waals surface area contributed by atoms with E-state index in [-0.39, 0.29) is 18.1 Å². The standard InChI is InChI=1S/C16H28N2O4/c1-16(2,3)22-15(20)18-9-8-11(17)10-13(18)14(19)21-12-6-4-5-7-12/h11-13H,4-10,17H2,1-3H3. The monoisotopic (exact) mass is 312 g/mol. The van der Waals surface area contributed by atoms with Crippen molar-refractivity contribution in [2.75, 3.05) is 6.54 Å². The van der Waals surface area contributed by atoms with Crippen LogP contribution >= 0.6 is 0 Å². The Morgan fingerprint density at radius 1 is 1.14 bits per heavy atom. The van der Waals surface area contributed by atoms with Crippen LogP contribution in [0, 0.1) is 0 Å². The average molecular weight is 312 g/mol. The quantitative estimate of drug-likeness (QED) is 0.790. The van der Waals surface area contributed by atoms with Gasteiger partial charge < -0.3 is 15.2 Å². The highest BCUT2D eigenvalue weighted by Crippen LogP contribution is 2.25. The van der Waals surface area contributed by atoms with E-state index in [1.165, 1.54) is 4.90 Å². The van der Waals surface area contributed by atoms with Crippen LogP contribution in [0.15, 0.2) is 0 Å². The van der Waals surface area contributed by atoms with Crippen LogP contribution in [0.5, 0.6) is 0 Å². The molecule has 1 saturated carbocycles. The van der Waals surface area contributed by atoms with Crippen molar-refractivity contribution in [3.05, 3.63) is 0 Å². The Morgan fingerprint density at radius 3 is 2.36 bits per heavy atom. The predicted octanol–water partition coefficient (Wildman–Crippen LogP) is 2.20. The van der Waals surface area contributed by atoms with E-state index in [9.17, 15) is 9.59 Å². The fourth-order valence-electron chi connectivity index (χ4n) is 3.00. The van der Waals surface area contributed by atoms with Crippen molar-refractivity contribution in [1.82, 2.24) is 4.90 Å². The van der Waals surface area contributed by atoms with Crippen LogP contribution in [-0.2, 0) is 14.3 Å². The molecule has 126 valence electrons. The molecule has 2 atom stereocenters. The maximum Gasteiger partial charge on any atom is 0.411 e. The van der Waals surface area contributed by atoms with Gasteiger partial charge >= 0.3 is 12.1 Å². The van der Waals surface area contributed by atoms with E-state index >= 15 is 0 Å². The van der Waals surface area contributed by atoms with Crippen molar-refractivity contribution in [1.29, 1.82) is 0 Å². The van der Waals surface area contributed by atoms with Gasteiger partial charge in [-0.25, -0.2) is 9.59 Å². The lowest BCUT2D eigenvalue weighted by atomic mass is 9.98. The van der Waals surface area contributed by atoms with Crippen LogP contribution in [0.25, 0.3) is 0 Å². The van der Waals surface area contributed by atoms with Crippen molar-refractivity contribution in [2.24, 2.45) is 5.73 Å². The van der Waals surface area contributed by atoms with Crippen LogP contribution < -0.4 is 5.73 Å². The van der Waals surface area contributed by atoms with Gasteiger partial charge in [-0.15, -0.1) is 0 Å². The molecular formula is C16H28N2O4. The zero-order valence-electron chi connectivity index (χ0n) is 13.8. The van der Waals surface area contributed by atoms with Gasteiger partial charge in [0.1, 0.15) is 17.7 Å². The van der Waals surface area contributed by atoms with E-state index in [0.29, 0.717) is 19.4 Å². The van der Waals surface area contributed by atoms with Gasteiger partial charge in [0.05, 0.1) is 0 Å². The third-order valence-electron chi connectivity index (χ3n) is 4.13. The minimum absolute atomic E-state index is 0.00821. The SMILES string of the molecule is CC(C)(C)OC(=O)N1CCC(N)CC1C(=O)OC1CCCC1. The molecule has 6 heteroatoms. The van der Waals surface area contributed by atoms with Gasteiger partial charge in [0.2, 0.25) is 0 Å². The molecule has 22 heavy (non-hydrogen) atoms. The summed E-state index contributed by atoms with van der Waals surface area (Å²) in [5.41, 5.74) is 5.39. The molecule has 2 N–H and O–H groups in total. The molecule has 2 unspecified atom stereocenters. The van der Waals surface area contributed by atoms with E-state index in [4.69, 9.17) is 15.2 Å². The Bertz CT molecular complexity index is 413. The zero-order chi connectivity index (χ0) is 16.3. The summed E-state index contributed by atoms with van der Waals surface area (Å²) in [5.74, 6) is -0.340. The summed E-state index contributed by atoms with van der Waals surface area (Å²) in [6.45, 7) is 5.87. The minimum Gasteiger partial charge on any atom is -0.461 e. The van der Waals surface area contributed by atoms with Crippen molar-refractivity contribution in [3.63, 3.8) is 0 Å². The van der Waals surface area contributed by atoms with Gasteiger partial charge in [0.25, 0.3) is 0 Å². The molecular weight excluding hydrogens is 284 g/mol. The number of likely N-dealkylation sites (tertiary alicyclic amines) is 1. The van der Waals surface area contributed by atoms with Crippen LogP contribution in [0.4, 0.5) is 4.79 Å². The number of piperidine rings is 1. The topological polar surface area (TPSA) is 81.9 Å². The third-order valence-corrected chi connectivity index (χ3v) is 4.13. The number of esters is 1. The summed E-state index contributed by atoms with van der Waals surface area (Å²) in [6.07, 6.45) is 4.65. The number of amides is 1.